The molecule has 0 aliphatic carbocycles. The van der Waals surface area contributed by atoms with Crippen LogP contribution in [0.3, 0.4) is 0 Å². The first-order chi connectivity index (χ1) is 11.2. The minimum atomic E-state index is 0.0438. The predicted octanol–water partition coefficient (Wildman–Crippen LogP) is 4.74. The summed E-state index contributed by atoms with van der Waals surface area (Å²) in [7, 11) is 0. The van der Waals surface area contributed by atoms with Gasteiger partial charge in [0.05, 0.1) is 6.26 Å². The van der Waals surface area contributed by atoms with Crippen molar-refractivity contribution < 1.29 is 9.21 Å². The second kappa shape index (κ2) is 7.51. The van der Waals surface area contributed by atoms with Crippen molar-refractivity contribution in [3.05, 3.63) is 65.1 Å². The Morgan fingerprint density at radius 2 is 2.04 bits per heavy atom. The zero-order valence-electron chi connectivity index (χ0n) is 13.0. The lowest BCUT2D eigenvalue weighted by atomic mass is 9.94. The van der Waals surface area contributed by atoms with Gasteiger partial charge in [0.15, 0.2) is 0 Å². The van der Waals surface area contributed by atoms with Gasteiger partial charge in [-0.3, -0.25) is 4.79 Å². The maximum atomic E-state index is 12.5. The molecule has 2 heterocycles. The topological polar surface area (TPSA) is 33.5 Å². The van der Waals surface area contributed by atoms with Crippen LogP contribution in [0.5, 0.6) is 0 Å². The van der Waals surface area contributed by atoms with Crippen molar-refractivity contribution in [1.29, 1.82) is 0 Å². The van der Waals surface area contributed by atoms with Crippen LogP contribution in [0, 0.1) is 0 Å². The van der Waals surface area contributed by atoms with Gasteiger partial charge in [-0.2, -0.15) is 0 Å². The highest BCUT2D eigenvalue weighted by Crippen LogP contribution is 2.27. The Bertz CT molecular complexity index is 661. The Kier molecular flexibility index (Phi) is 5.19. The number of carbonyl (C=O) groups is 1. The zero-order chi connectivity index (χ0) is 16.1. The summed E-state index contributed by atoms with van der Waals surface area (Å²) in [4.78, 5) is 14.4. The van der Waals surface area contributed by atoms with E-state index in [1.54, 1.807) is 18.4 Å². The molecule has 0 N–H and O–H groups in total. The number of benzene rings is 1. The molecule has 1 saturated heterocycles. The van der Waals surface area contributed by atoms with E-state index in [0.29, 0.717) is 11.7 Å². The molecule has 1 unspecified atom stereocenters. The van der Waals surface area contributed by atoms with Crippen molar-refractivity contribution in [2.24, 2.45) is 0 Å². The van der Waals surface area contributed by atoms with Crippen LogP contribution in [0.4, 0.5) is 0 Å². The second-order valence-electron chi connectivity index (χ2n) is 5.88. The molecule has 1 aliphatic heterocycles. The smallest absolute Gasteiger partial charge is 0.246 e. The summed E-state index contributed by atoms with van der Waals surface area (Å²) in [5, 5.41) is 0.747. The van der Waals surface area contributed by atoms with Gasteiger partial charge in [0.1, 0.15) is 5.76 Å². The molecule has 23 heavy (non-hydrogen) atoms. The fourth-order valence-corrected chi connectivity index (χ4v) is 3.12. The molecule has 1 aromatic heterocycles. The van der Waals surface area contributed by atoms with Gasteiger partial charge in [0, 0.05) is 30.1 Å². The lowest BCUT2D eigenvalue weighted by molar-refractivity contribution is -0.126. The first-order valence-corrected chi connectivity index (χ1v) is 8.36. The van der Waals surface area contributed by atoms with Crippen LogP contribution in [-0.2, 0) is 4.79 Å². The molecule has 1 aromatic carbocycles. The van der Waals surface area contributed by atoms with Crippen molar-refractivity contribution in [2.45, 2.75) is 25.2 Å². The summed E-state index contributed by atoms with van der Waals surface area (Å²) in [6.45, 7) is 1.56. The van der Waals surface area contributed by atoms with Crippen LogP contribution in [0.15, 0.2) is 53.2 Å². The van der Waals surface area contributed by atoms with E-state index in [1.807, 2.05) is 29.2 Å². The third-order valence-electron chi connectivity index (χ3n) is 4.26. The zero-order valence-corrected chi connectivity index (χ0v) is 13.7. The summed E-state index contributed by atoms with van der Waals surface area (Å²) in [5.74, 6) is 1.11. The Morgan fingerprint density at radius 3 is 2.78 bits per heavy atom. The monoisotopic (exact) mass is 329 g/mol. The number of hydrogen-bond acceptors (Lipinski definition) is 2. The van der Waals surface area contributed by atoms with Crippen LogP contribution in [0.25, 0.3) is 6.08 Å². The predicted molar refractivity (Wildman–Crippen MR) is 92.4 cm³/mol. The quantitative estimate of drug-likeness (QED) is 0.762. The van der Waals surface area contributed by atoms with E-state index >= 15 is 0 Å². The molecule has 0 radical (unpaired) electrons. The van der Waals surface area contributed by atoms with E-state index in [9.17, 15) is 4.79 Å². The summed E-state index contributed by atoms with van der Waals surface area (Å²) < 4.78 is 5.23. The van der Waals surface area contributed by atoms with Gasteiger partial charge >= 0.3 is 0 Å². The number of nitrogens with zero attached hydrogens (tertiary/aromatic N) is 1. The highest BCUT2D eigenvalue weighted by atomic mass is 35.5. The molecule has 0 saturated carbocycles. The molecular formula is C19H20ClNO2. The van der Waals surface area contributed by atoms with Crippen molar-refractivity contribution in [3.8, 4) is 0 Å². The van der Waals surface area contributed by atoms with E-state index < -0.39 is 0 Å². The van der Waals surface area contributed by atoms with Crippen LogP contribution >= 0.6 is 11.6 Å². The molecule has 1 fully saturated rings. The van der Waals surface area contributed by atoms with Crippen LogP contribution in [0.1, 0.15) is 36.5 Å². The number of halogens is 1. The van der Waals surface area contributed by atoms with E-state index in [2.05, 4.69) is 12.1 Å². The number of hydrogen-bond donors (Lipinski definition) is 0. The molecule has 1 amide bonds. The van der Waals surface area contributed by atoms with Crippen molar-refractivity contribution in [1.82, 2.24) is 4.90 Å². The molecule has 0 bridgehead atoms. The highest BCUT2D eigenvalue weighted by molar-refractivity contribution is 6.30. The van der Waals surface area contributed by atoms with Gasteiger partial charge in [0.25, 0.3) is 0 Å². The van der Waals surface area contributed by atoms with Crippen LogP contribution < -0.4 is 0 Å². The Balaban J connectivity index is 1.69. The van der Waals surface area contributed by atoms with E-state index in [0.717, 1.165) is 37.4 Å². The minimum absolute atomic E-state index is 0.0438. The number of furan rings is 1. The number of carbonyl (C=O) groups excluding carboxylic acids is 1. The van der Waals surface area contributed by atoms with E-state index in [-0.39, 0.29) is 5.91 Å². The highest BCUT2D eigenvalue weighted by Gasteiger charge is 2.22. The van der Waals surface area contributed by atoms with Gasteiger partial charge < -0.3 is 9.32 Å². The second-order valence-corrected chi connectivity index (χ2v) is 6.31. The van der Waals surface area contributed by atoms with E-state index in [4.69, 9.17) is 16.0 Å². The third-order valence-corrected chi connectivity index (χ3v) is 4.51. The molecule has 0 spiro atoms. The maximum absolute atomic E-state index is 12.5. The lowest BCUT2D eigenvalue weighted by Gasteiger charge is -2.23. The first kappa shape index (κ1) is 15.9. The Morgan fingerprint density at radius 1 is 1.22 bits per heavy atom. The normalized spacial score (nSPS) is 19.0. The average Bonchev–Trinajstić information content (AvgIpc) is 2.96. The largest absolute Gasteiger partial charge is 0.465 e. The van der Waals surface area contributed by atoms with Crippen molar-refractivity contribution in [2.75, 3.05) is 13.1 Å². The van der Waals surface area contributed by atoms with Gasteiger partial charge in [-0.25, -0.2) is 0 Å². The van der Waals surface area contributed by atoms with Crippen molar-refractivity contribution in [3.63, 3.8) is 0 Å². The van der Waals surface area contributed by atoms with Crippen LogP contribution in [-0.4, -0.2) is 23.9 Å². The molecule has 3 nitrogen and oxygen atoms in total. The van der Waals surface area contributed by atoms with Crippen LogP contribution in [0.2, 0.25) is 5.02 Å². The fraction of sp³-hybridized carbons (Fsp3) is 0.316. The maximum Gasteiger partial charge on any atom is 0.246 e. The molecule has 120 valence electrons. The molecule has 3 rings (SSSR count). The summed E-state index contributed by atoms with van der Waals surface area (Å²) in [6.07, 6.45) is 8.22. The first-order valence-electron chi connectivity index (χ1n) is 7.98. The van der Waals surface area contributed by atoms with Gasteiger partial charge in [-0.1, -0.05) is 30.2 Å². The van der Waals surface area contributed by atoms with Crippen molar-refractivity contribution >= 4 is 23.6 Å². The molecule has 1 aliphatic rings. The van der Waals surface area contributed by atoms with Gasteiger partial charge in [-0.15, -0.1) is 0 Å². The Hall–Kier alpha value is -2.00. The summed E-state index contributed by atoms with van der Waals surface area (Å²) in [5.41, 5.74) is 1.25. The minimum Gasteiger partial charge on any atom is -0.465 e. The summed E-state index contributed by atoms with van der Waals surface area (Å²) >= 11 is 5.97. The number of likely N-dealkylation sites (tertiary alicyclic amines) is 1. The van der Waals surface area contributed by atoms with Gasteiger partial charge in [-0.05, 0) is 48.7 Å². The average molecular weight is 330 g/mol. The number of rotatable bonds is 3. The molecule has 1 atom stereocenters. The summed E-state index contributed by atoms with van der Waals surface area (Å²) in [6, 6.07) is 11.6. The molecule has 4 heteroatoms. The standard InChI is InChI=1S/C19H20ClNO2/c20-17-8-6-15(7-9-17)16-4-1-2-12-21(14-16)19(22)11-10-18-5-3-13-23-18/h3,5-11,13,16H,1-2,4,12,14H2. The third kappa shape index (κ3) is 4.26. The molecule has 2 aromatic rings. The number of amides is 1. The molecular weight excluding hydrogens is 310 g/mol. The van der Waals surface area contributed by atoms with Gasteiger partial charge in [0.2, 0.25) is 5.91 Å². The Labute approximate surface area is 141 Å². The van der Waals surface area contributed by atoms with E-state index in [1.165, 1.54) is 5.56 Å². The fourth-order valence-electron chi connectivity index (χ4n) is 2.99. The lowest BCUT2D eigenvalue weighted by Crippen LogP contribution is -2.32. The SMILES string of the molecule is O=C(C=Cc1ccco1)N1CCCCC(c2ccc(Cl)cc2)C1.